The number of aromatic hydroxyl groups is 1. The molecule has 1 atom stereocenters. The third-order valence-electron chi connectivity index (χ3n) is 2.89. The summed E-state index contributed by atoms with van der Waals surface area (Å²) in [6, 6.07) is 5.71. The summed E-state index contributed by atoms with van der Waals surface area (Å²) in [6.07, 6.45) is -4.46. The number of rotatable bonds is 4. The second-order valence-electron chi connectivity index (χ2n) is 4.89. The van der Waals surface area contributed by atoms with Crippen molar-refractivity contribution in [1.29, 1.82) is 0 Å². The third kappa shape index (κ3) is 3.66. The molecule has 1 heterocycles. The van der Waals surface area contributed by atoms with Crippen molar-refractivity contribution in [3.8, 4) is 5.88 Å². The van der Waals surface area contributed by atoms with Gasteiger partial charge in [0.05, 0.1) is 4.88 Å². The molecule has 3 nitrogen and oxygen atoms in total. The number of anilines is 1. The van der Waals surface area contributed by atoms with E-state index in [0.717, 1.165) is 11.3 Å². The molecular formula is C14H15F3N2OS. The van der Waals surface area contributed by atoms with Crippen molar-refractivity contribution in [1.82, 2.24) is 4.98 Å². The van der Waals surface area contributed by atoms with Crippen LogP contribution in [0.5, 0.6) is 5.88 Å². The molecule has 7 heteroatoms. The average Bonchev–Trinajstić information content (AvgIpc) is 2.77. The summed E-state index contributed by atoms with van der Waals surface area (Å²) >= 11 is 1.03. The van der Waals surface area contributed by atoms with Crippen molar-refractivity contribution in [3.63, 3.8) is 0 Å². The number of hydrogen-bond acceptors (Lipinski definition) is 4. The third-order valence-corrected chi connectivity index (χ3v) is 4.16. The fraction of sp³-hybridized carbons (Fsp3) is 0.357. The lowest BCUT2D eigenvalue weighted by Gasteiger charge is -2.21. The molecule has 114 valence electrons. The van der Waals surface area contributed by atoms with Crippen LogP contribution in [0.15, 0.2) is 30.3 Å². The van der Waals surface area contributed by atoms with Crippen LogP contribution in [0, 0.1) is 0 Å². The Morgan fingerprint density at radius 2 is 1.81 bits per heavy atom. The summed E-state index contributed by atoms with van der Waals surface area (Å²) in [5.74, 6) is -0.217. The Hall–Kier alpha value is -1.76. The summed E-state index contributed by atoms with van der Waals surface area (Å²) in [6.45, 7) is 3.69. The monoisotopic (exact) mass is 316 g/mol. The van der Waals surface area contributed by atoms with Crippen LogP contribution in [-0.4, -0.2) is 16.3 Å². The van der Waals surface area contributed by atoms with Gasteiger partial charge in [0.15, 0.2) is 5.13 Å². The highest BCUT2D eigenvalue weighted by atomic mass is 32.1. The molecule has 0 spiro atoms. The highest BCUT2D eigenvalue weighted by Gasteiger charge is 2.41. The maximum atomic E-state index is 13.2. The van der Waals surface area contributed by atoms with Crippen LogP contribution >= 0.6 is 11.3 Å². The largest absolute Gasteiger partial charge is 0.492 e. The fourth-order valence-electron chi connectivity index (χ4n) is 1.88. The predicted octanol–water partition coefficient (Wildman–Crippen LogP) is 4.69. The van der Waals surface area contributed by atoms with E-state index in [9.17, 15) is 18.3 Å². The van der Waals surface area contributed by atoms with Gasteiger partial charge in [0, 0.05) is 0 Å². The Bertz CT molecular complexity index is 596. The minimum atomic E-state index is -4.46. The van der Waals surface area contributed by atoms with E-state index < -0.39 is 12.2 Å². The van der Waals surface area contributed by atoms with E-state index >= 15 is 0 Å². The van der Waals surface area contributed by atoms with E-state index in [0.29, 0.717) is 4.88 Å². The Morgan fingerprint density at radius 1 is 1.19 bits per heavy atom. The summed E-state index contributed by atoms with van der Waals surface area (Å²) in [5, 5.41) is 12.1. The summed E-state index contributed by atoms with van der Waals surface area (Å²) in [7, 11) is 0. The quantitative estimate of drug-likeness (QED) is 0.860. The second-order valence-corrected chi connectivity index (χ2v) is 5.92. The van der Waals surface area contributed by atoms with Gasteiger partial charge in [-0.1, -0.05) is 55.5 Å². The lowest BCUT2D eigenvalue weighted by atomic mass is 10.1. The average molecular weight is 316 g/mol. The van der Waals surface area contributed by atoms with Crippen LogP contribution in [0.1, 0.15) is 36.2 Å². The van der Waals surface area contributed by atoms with E-state index in [1.54, 1.807) is 18.2 Å². The number of nitrogens with zero attached hydrogens (tertiary/aromatic N) is 1. The van der Waals surface area contributed by atoms with E-state index in [2.05, 4.69) is 10.3 Å². The van der Waals surface area contributed by atoms with Gasteiger partial charge in [-0.2, -0.15) is 18.2 Å². The van der Waals surface area contributed by atoms with Crippen LogP contribution in [0.3, 0.4) is 0 Å². The first-order valence-corrected chi connectivity index (χ1v) is 7.18. The number of aromatic nitrogens is 1. The van der Waals surface area contributed by atoms with E-state index in [-0.39, 0.29) is 22.5 Å². The van der Waals surface area contributed by atoms with Gasteiger partial charge in [0.25, 0.3) is 0 Å². The molecule has 2 aromatic rings. The van der Waals surface area contributed by atoms with Crippen LogP contribution in [-0.2, 0) is 0 Å². The number of nitrogens with one attached hydrogen (secondary N) is 1. The zero-order valence-corrected chi connectivity index (χ0v) is 12.3. The van der Waals surface area contributed by atoms with E-state index in [4.69, 9.17) is 0 Å². The molecular weight excluding hydrogens is 301 g/mol. The highest BCUT2D eigenvalue weighted by Crippen LogP contribution is 2.39. The minimum absolute atomic E-state index is 0.000822. The molecule has 1 aromatic heterocycles. The highest BCUT2D eigenvalue weighted by molar-refractivity contribution is 7.16. The van der Waals surface area contributed by atoms with Crippen LogP contribution < -0.4 is 5.32 Å². The Labute approximate surface area is 124 Å². The van der Waals surface area contributed by atoms with Crippen LogP contribution in [0.4, 0.5) is 18.3 Å². The molecule has 2 N–H and O–H groups in total. The van der Waals surface area contributed by atoms with E-state index in [1.165, 1.54) is 12.1 Å². The molecule has 0 saturated carbocycles. The number of halogens is 3. The standard InChI is InChI=1S/C14H15F3N2OS/c1-8(2)10-12(20)19-13(21-10)18-11(14(15,16)17)9-6-4-3-5-7-9/h3-8,11,20H,1-2H3,(H,18,19)/t11-/m1/s1. The molecule has 21 heavy (non-hydrogen) atoms. The van der Waals surface area contributed by atoms with Crippen molar-refractivity contribution >= 4 is 16.5 Å². The summed E-state index contributed by atoms with van der Waals surface area (Å²) < 4.78 is 39.6. The van der Waals surface area contributed by atoms with Gasteiger partial charge in [-0.3, -0.25) is 0 Å². The molecule has 0 saturated heterocycles. The second kappa shape index (κ2) is 5.93. The van der Waals surface area contributed by atoms with Gasteiger partial charge in [-0.15, -0.1) is 0 Å². The van der Waals surface area contributed by atoms with Gasteiger partial charge >= 0.3 is 6.18 Å². The van der Waals surface area contributed by atoms with Gasteiger partial charge in [-0.05, 0) is 11.5 Å². The normalized spacial score (nSPS) is 13.4. The molecule has 0 bridgehead atoms. The van der Waals surface area contributed by atoms with Crippen molar-refractivity contribution in [2.75, 3.05) is 5.32 Å². The first kappa shape index (κ1) is 15.6. The predicted molar refractivity (Wildman–Crippen MR) is 76.7 cm³/mol. The Morgan fingerprint density at radius 3 is 2.29 bits per heavy atom. The Kier molecular flexibility index (Phi) is 4.41. The molecule has 2 rings (SSSR count). The van der Waals surface area contributed by atoms with Gasteiger partial charge in [0.2, 0.25) is 5.88 Å². The maximum absolute atomic E-state index is 13.2. The zero-order chi connectivity index (χ0) is 15.6. The van der Waals surface area contributed by atoms with Crippen molar-refractivity contribution in [3.05, 3.63) is 40.8 Å². The molecule has 0 aliphatic rings. The van der Waals surface area contributed by atoms with Crippen molar-refractivity contribution in [2.45, 2.75) is 32.0 Å². The molecule has 0 fully saturated rings. The lowest BCUT2D eigenvalue weighted by Crippen LogP contribution is -2.27. The van der Waals surface area contributed by atoms with E-state index in [1.807, 2.05) is 13.8 Å². The summed E-state index contributed by atoms with van der Waals surface area (Å²) in [5.41, 5.74) is 0.103. The molecule has 1 aromatic carbocycles. The van der Waals surface area contributed by atoms with Crippen molar-refractivity contribution in [2.24, 2.45) is 0 Å². The fourth-order valence-corrected chi connectivity index (χ4v) is 2.77. The minimum Gasteiger partial charge on any atom is -0.492 e. The molecule has 0 unspecified atom stereocenters. The number of alkyl halides is 3. The SMILES string of the molecule is CC(C)c1sc(N[C@H](c2ccccc2)C(F)(F)F)nc1O. The van der Waals surface area contributed by atoms with Crippen molar-refractivity contribution < 1.29 is 18.3 Å². The van der Waals surface area contributed by atoms with Crippen LogP contribution in [0.25, 0.3) is 0 Å². The molecule has 0 radical (unpaired) electrons. The first-order chi connectivity index (χ1) is 9.79. The molecule has 0 aliphatic carbocycles. The number of thiazole rings is 1. The molecule has 0 amide bonds. The topological polar surface area (TPSA) is 45.2 Å². The maximum Gasteiger partial charge on any atom is 0.412 e. The summed E-state index contributed by atoms with van der Waals surface area (Å²) in [4.78, 5) is 4.34. The zero-order valence-electron chi connectivity index (χ0n) is 11.5. The first-order valence-electron chi connectivity index (χ1n) is 6.37. The van der Waals surface area contributed by atoms with Gasteiger partial charge in [-0.25, -0.2) is 0 Å². The number of benzene rings is 1. The van der Waals surface area contributed by atoms with Gasteiger partial charge < -0.3 is 10.4 Å². The van der Waals surface area contributed by atoms with Gasteiger partial charge in [0.1, 0.15) is 6.04 Å². The number of hydrogen-bond donors (Lipinski definition) is 2. The Balaban J connectivity index is 2.30. The smallest absolute Gasteiger partial charge is 0.412 e. The van der Waals surface area contributed by atoms with Crippen LogP contribution in [0.2, 0.25) is 0 Å². The molecule has 0 aliphatic heterocycles. The lowest BCUT2D eigenvalue weighted by molar-refractivity contribution is -0.144.